The van der Waals surface area contributed by atoms with Gasteiger partial charge in [0.05, 0.1) is 11.1 Å². The van der Waals surface area contributed by atoms with E-state index in [0.717, 1.165) is 51.8 Å². The maximum atomic E-state index is 11.5. The lowest BCUT2D eigenvalue weighted by Gasteiger charge is -2.13. The Morgan fingerprint density at radius 2 is 1.70 bits per heavy atom. The van der Waals surface area contributed by atoms with Gasteiger partial charge in [0.15, 0.2) is 0 Å². The topological polar surface area (TPSA) is 62.2 Å². The molecule has 1 aromatic heterocycles. The van der Waals surface area contributed by atoms with E-state index in [2.05, 4.69) is 24.4 Å². The maximum absolute atomic E-state index is 11.5. The molecule has 4 aromatic rings. The third-order valence-corrected chi connectivity index (χ3v) is 5.18. The van der Waals surface area contributed by atoms with Crippen molar-refractivity contribution in [3.8, 4) is 11.1 Å². The van der Waals surface area contributed by atoms with Crippen LogP contribution in [0.15, 0.2) is 78.9 Å². The van der Waals surface area contributed by atoms with E-state index in [9.17, 15) is 9.90 Å². The van der Waals surface area contributed by atoms with Crippen LogP contribution in [0.25, 0.3) is 22.0 Å². The van der Waals surface area contributed by atoms with Gasteiger partial charge in [-0.05, 0) is 41.3 Å². The first kappa shape index (κ1) is 19.6. The average Bonchev–Trinajstić information content (AvgIpc) is 2.78. The normalized spacial score (nSPS) is 10.8. The number of nitrogens with one attached hydrogen (secondary N) is 1. The molecule has 0 aliphatic heterocycles. The van der Waals surface area contributed by atoms with Crippen LogP contribution in [0.2, 0.25) is 0 Å². The number of aromatic carboxylic acids is 1. The van der Waals surface area contributed by atoms with Gasteiger partial charge in [-0.3, -0.25) is 4.98 Å². The van der Waals surface area contributed by atoms with Gasteiger partial charge in [0.25, 0.3) is 0 Å². The minimum absolute atomic E-state index is 0.315. The molecular formula is C26H24N2O2. The van der Waals surface area contributed by atoms with Gasteiger partial charge in [0.2, 0.25) is 0 Å². The van der Waals surface area contributed by atoms with Gasteiger partial charge < -0.3 is 10.4 Å². The standard InChI is InChI=1S/C26H24N2O2/c1-2-7-20-16-25(23-10-5-6-11-24(23)28-20)27-17-18-12-14-19(15-13-18)21-8-3-4-9-22(21)26(29)30/h3-6,8-16H,2,7,17H2,1H3,(H,27,28)(H,29,30). The van der Waals surface area contributed by atoms with Crippen molar-refractivity contribution in [1.29, 1.82) is 0 Å². The first-order valence-electron chi connectivity index (χ1n) is 10.2. The van der Waals surface area contributed by atoms with Crippen LogP contribution in [0.4, 0.5) is 5.69 Å². The zero-order valence-electron chi connectivity index (χ0n) is 16.9. The van der Waals surface area contributed by atoms with Crippen LogP contribution in [-0.2, 0) is 13.0 Å². The van der Waals surface area contributed by atoms with Crippen LogP contribution >= 0.6 is 0 Å². The summed E-state index contributed by atoms with van der Waals surface area (Å²) in [4.78, 5) is 16.2. The highest BCUT2D eigenvalue weighted by atomic mass is 16.4. The molecule has 0 saturated carbocycles. The van der Waals surface area contributed by atoms with E-state index in [1.54, 1.807) is 12.1 Å². The van der Waals surface area contributed by atoms with Crippen LogP contribution in [0.3, 0.4) is 0 Å². The van der Waals surface area contributed by atoms with Gasteiger partial charge in [-0.2, -0.15) is 0 Å². The number of anilines is 1. The second-order valence-corrected chi connectivity index (χ2v) is 7.33. The van der Waals surface area contributed by atoms with Crippen molar-refractivity contribution in [2.24, 2.45) is 0 Å². The second kappa shape index (κ2) is 8.78. The number of carboxylic acids is 1. The zero-order chi connectivity index (χ0) is 20.9. The predicted octanol–water partition coefficient (Wildman–Crippen LogP) is 6.16. The molecule has 4 rings (SSSR count). The molecule has 150 valence electrons. The number of nitrogens with zero attached hydrogens (tertiary/aromatic N) is 1. The van der Waals surface area contributed by atoms with Crippen molar-refractivity contribution in [2.45, 2.75) is 26.3 Å². The van der Waals surface area contributed by atoms with Gasteiger partial charge in [-0.1, -0.05) is 74.0 Å². The van der Waals surface area contributed by atoms with Gasteiger partial charge in [-0.15, -0.1) is 0 Å². The van der Waals surface area contributed by atoms with Crippen molar-refractivity contribution in [1.82, 2.24) is 4.98 Å². The molecule has 0 spiro atoms. The van der Waals surface area contributed by atoms with Crippen molar-refractivity contribution in [3.63, 3.8) is 0 Å². The third-order valence-electron chi connectivity index (χ3n) is 5.18. The summed E-state index contributed by atoms with van der Waals surface area (Å²) in [5.74, 6) is -0.913. The van der Waals surface area contributed by atoms with Crippen molar-refractivity contribution in [3.05, 3.63) is 95.7 Å². The zero-order valence-corrected chi connectivity index (χ0v) is 16.9. The number of carboxylic acid groups (broad SMARTS) is 1. The molecule has 1 heterocycles. The average molecular weight is 396 g/mol. The quantitative estimate of drug-likeness (QED) is 0.392. The Hall–Kier alpha value is -3.66. The van der Waals surface area contributed by atoms with E-state index >= 15 is 0 Å². The number of fused-ring (bicyclic) bond motifs is 1. The summed E-state index contributed by atoms with van der Waals surface area (Å²) >= 11 is 0. The Morgan fingerprint density at radius 3 is 2.47 bits per heavy atom. The molecule has 0 saturated heterocycles. The predicted molar refractivity (Wildman–Crippen MR) is 122 cm³/mol. The number of rotatable bonds is 7. The number of benzene rings is 3. The highest BCUT2D eigenvalue weighted by Crippen LogP contribution is 2.26. The van der Waals surface area contributed by atoms with Gasteiger partial charge in [0.1, 0.15) is 0 Å². The van der Waals surface area contributed by atoms with Crippen LogP contribution in [0, 0.1) is 0 Å². The fourth-order valence-electron chi connectivity index (χ4n) is 3.68. The summed E-state index contributed by atoms with van der Waals surface area (Å²) in [7, 11) is 0. The van der Waals surface area contributed by atoms with Crippen molar-refractivity contribution in [2.75, 3.05) is 5.32 Å². The fraction of sp³-hybridized carbons (Fsp3) is 0.154. The smallest absolute Gasteiger partial charge is 0.336 e. The molecule has 0 atom stereocenters. The number of hydrogen-bond donors (Lipinski definition) is 2. The number of aromatic nitrogens is 1. The number of pyridine rings is 1. The molecule has 3 aromatic carbocycles. The molecule has 0 bridgehead atoms. The summed E-state index contributed by atoms with van der Waals surface area (Å²) in [6.45, 7) is 2.84. The minimum Gasteiger partial charge on any atom is -0.478 e. The first-order valence-corrected chi connectivity index (χ1v) is 10.2. The summed E-state index contributed by atoms with van der Waals surface area (Å²) in [6, 6.07) is 25.4. The molecule has 2 N–H and O–H groups in total. The third kappa shape index (κ3) is 4.18. The Labute approximate surface area is 176 Å². The summed E-state index contributed by atoms with van der Waals surface area (Å²) in [6.07, 6.45) is 2.02. The lowest BCUT2D eigenvalue weighted by molar-refractivity contribution is 0.0697. The van der Waals surface area contributed by atoms with E-state index in [1.165, 1.54) is 0 Å². The molecule has 0 amide bonds. The Kier molecular flexibility index (Phi) is 5.75. The number of hydrogen-bond acceptors (Lipinski definition) is 3. The number of aryl methyl sites for hydroxylation is 1. The summed E-state index contributed by atoms with van der Waals surface area (Å²) in [5.41, 5.74) is 6.26. The largest absolute Gasteiger partial charge is 0.478 e. The Morgan fingerprint density at radius 1 is 0.967 bits per heavy atom. The van der Waals surface area contributed by atoms with Gasteiger partial charge >= 0.3 is 5.97 Å². The van der Waals surface area contributed by atoms with Crippen molar-refractivity contribution < 1.29 is 9.90 Å². The minimum atomic E-state index is -0.913. The van der Waals surface area contributed by atoms with E-state index in [1.807, 2.05) is 54.6 Å². The maximum Gasteiger partial charge on any atom is 0.336 e. The molecule has 4 heteroatoms. The highest BCUT2D eigenvalue weighted by Gasteiger charge is 2.11. The van der Waals surface area contributed by atoms with Crippen molar-refractivity contribution >= 4 is 22.6 Å². The van der Waals surface area contributed by atoms with E-state index in [0.29, 0.717) is 12.1 Å². The summed E-state index contributed by atoms with van der Waals surface area (Å²) < 4.78 is 0. The SMILES string of the molecule is CCCc1cc(NCc2ccc(-c3ccccc3C(=O)O)cc2)c2ccccc2n1. The Balaban J connectivity index is 1.56. The van der Waals surface area contributed by atoms with Gasteiger partial charge in [0, 0.05) is 23.3 Å². The van der Waals surface area contributed by atoms with Gasteiger partial charge in [-0.25, -0.2) is 4.79 Å². The first-order chi connectivity index (χ1) is 14.7. The Bertz CT molecular complexity index is 1180. The van der Waals surface area contributed by atoms with Crippen LogP contribution < -0.4 is 5.32 Å². The second-order valence-electron chi connectivity index (χ2n) is 7.33. The fourth-order valence-corrected chi connectivity index (χ4v) is 3.68. The van der Waals surface area contributed by atoms with Crippen LogP contribution in [0.5, 0.6) is 0 Å². The number of carbonyl (C=O) groups is 1. The monoisotopic (exact) mass is 396 g/mol. The molecule has 0 aliphatic carbocycles. The lowest BCUT2D eigenvalue weighted by Crippen LogP contribution is -2.03. The molecule has 0 aliphatic rings. The lowest BCUT2D eigenvalue weighted by atomic mass is 9.99. The van der Waals surface area contributed by atoms with Crippen LogP contribution in [-0.4, -0.2) is 16.1 Å². The molecule has 0 unspecified atom stereocenters. The molecular weight excluding hydrogens is 372 g/mol. The molecule has 0 fully saturated rings. The molecule has 30 heavy (non-hydrogen) atoms. The highest BCUT2D eigenvalue weighted by molar-refractivity contribution is 5.96. The number of para-hydroxylation sites is 1. The van der Waals surface area contributed by atoms with E-state index in [-0.39, 0.29) is 0 Å². The van der Waals surface area contributed by atoms with E-state index < -0.39 is 5.97 Å². The molecule has 4 nitrogen and oxygen atoms in total. The van der Waals surface area contributed by atoms with Crippen LogP contribution in [0.1, 0.15) is 35.0 Å². The summed E-state index contributed by atoms with van der Waals surface area (Å²) in [5, 5.41) is 14.1. The molecule has 0 radical (unpaired) electrons. The van der Waals surface area contributed by atoms with E-state index in [4.69, 9.17) is 4.98 Å².